The fourth-order valence-electron chi connectivity index (χ4n) is 2.30. The molecule has 2 aliphatic rings. The molecule has 2 atom stereocenters. The highest BCUT2D eigenvalue weighted by molar-refractivity contribution is 7.91. The van der Waals surface area contributed by atoms with Gasteiger partial charge in [-0.15, -0.1) is 0 Å². The van der Waals surface area contributed by atoms with E-state index in [2.05, 4.69) is 17.5 Å². The van der Waals surface area contributed by atoms with Crippen molar-refractivity contribution in [1.29, 1.82) is 0 Å². The van der Waals surface area contributed by atoms with Crippen LogP contribution in [0.1, 0.15) is 25.7 Å². The smallest absolute Gasteiger partial charge is 0.220 e. The van der Waals surface area contributed by atoms with Crippen molar-refractivity contribution >= 4 is 15.7 Å². The van der Waals surface area contributed by atoms with Gasteiger partial charge in [-0.2, -0.15) is 0 Å². The zero-order valence-corrected chi connectivity index (χ0v) is 10.0. The summed E-state index contributed by atoms with van der Waals surface area (Å²) in [6.07, 6.45) is 7.32. The summed E-state index contributed by atoms with van der Waals surface area (Å²) in [6, 6.07) is -0.164. The molecule has 5 heteroatoms. The third kappa shape index (κ3) is 3.07. The quantitative estimate of drug-likeness (QED) is 0.740. The average Bonchev–Trinajstić information content (AvgIpc) is 2.76. The van der Waals surface area contributed by atoms with Crippen LogP contribution < -0.4 is 5.32 Å². The molecule has 1 amide bonds. The Hall–Kier alpha value is -0.840. The number of amides is 1. The van der Waals surface area contributed by atoms with Gasteiger partial charge in [-0.3, -0.25) is 4.79 Å². The monoisotopic (exact) mass is 243 g/mol. The van der Waals surface area contributed by atoms with Gasteiger partial charge < -0.3 is 5.32 Å². The number of rotatable bonds is 3. The lowest BCUT2D eigenvalue weighted by atomic mass is 10.0. The van der Waals surface area contributed by atoms with Gasteiger partial charge in [-0.05, 0) is 25.2 Å². The molecule has 0 aromatic heterocycles. The van der Waals surface area contributed by atoms with Crippen molar-refractivity contribution < 1.29 is 13.2 Å². The number of carbonyl (C=O) groups is 1. The van der Waals surface area contributed by atoms with Crippen LogP contribution in [0.4, 0.5) is 0 Å². The second-order valence-corrected chi connectivity index (χ2v) is 6.87. The predicted octanol–water partition coefficient (Wildman–Crippen LogP) is 0.646. The summed E-state index contributed by atoms with van der Waals surface area (Å²) in [7, 11) is -2.90. The zero-order chi connectivity index (χ0) is 11.6. The van der Waals surface area contributed by atoms with E-state index in [0.717, 1.165) is 12.8 Å². The summed E-state index contributed by atoms with van der Waals surface area (Å²) < 4.78 is 22.4. The Balaban J connectivity index is 1.77. The molecule has 1 N–H and O–H groups in total. The summed E-state index contributed by atoms with van der Waals surface area (Å²) >= 11 is 0. The van der Waals surface area contributed by atoms with Crippen LogP contribution in [0.25, 0.3) is 0 Å². The Morgan fingerprint density at radius 3 is 2.75 bits per heavy atom. The third-order valence-corrected chi connectivity index (χ3v) is 4.93. The lowest BCUT2D eigenvalue weighted by Gasteiger charge is -2.12. The lowest BCUT2D eigenvalue weighted by Crippen LogP contribution is -2.36. The summed E-state index contributed by atoms with van der Waals surface area (Å²) in [5, 5.41) is 2.81. The first-order valence-corrected chi connectivity index (χ1v) is 7.54. The Morgan fingerprint density at radius 2 is 2.19 bits per heavy atom. The van der Waals surface area contributed by atoms with E-state index in [1.807, 2.05) is 0 Å². The third-order valence-electron chi connectivity index (χ3n) is 3.16. The molecule has 16 heavy (non-hydrogen) atoms. The minimum absolute atomic E-state index is 0.0151. The van der Waals surface area contributed by atoms with E-state index < -0.39 is 9.84 Å². The average molecular weight is 243 g/mol. The van der Waals surface area contributed by atoms with Gasteiger partial charge in [0.25, 0.3) is 0 Å². The molecule has 0 unspecified atom stereocenters. The first-order valence-electron chi connectivity index (χ1n) is 5.71. The van der Waals surface area contributed by atoms with Crippen LogP contribution >= 0.6 is 0 Å². The molecule has 2 rings (SSSR count). The Kier molecular flexibility index (Phi) is 3.33. The summed E-state index contributed by atoms with van der Waals surface area (Å²) in [4.78, 5) is 11.6. The van der Waals surface area contributed by atoms with Crippen molar-refractivity contribution in [3.05, 3.63) is 12.2 Å². The van der Waals surface area contributed by atoms with Crippen molar-refractivity contribution in [3.63, 3.8) is 0 Å². The molecule has 1 saturated heterocycles. The molecular formula is C11H17NO3S. The molecule has 1 aliphatic heterocycles. The molecule has 1 aliphatic carbocycles. The highest BCUT2D eigenvalue weighted by Gasteiger charge is 2.29. The van der Waals surface area contributed by atoms with E-state index in [0.29, 0.717) is 18.8 Å². The molecule has 4 nitrogen and oxygen atoms in total. The molecule has 1 fully saturated rings. The summed E-state index contributed by atoms with van der Waals surface area (Å²) in [6.45, 7) is 0. The molecule has 0 bridgehead atoms. The maximum absolute atomic E-state index is 11.6. The molecule has 90 valence electrons. The highest BCUT2D eigenvalue weighted by atomic mass is 32.2. The van der Waals surface area contributed by atoms with Crippen LogP contribution in [0.3, 0.4) is 0 Å². The van der Waals surface area contributed by atoms with Gasteiger partial charge in [0.2, 0.25) is 5.91 Å². The molecule has 0 spiro atoms. The van der Waals surface area contributed by atoms with E-state index in [4.69, 9.17) is 0 Å². The Morgan fingerprint density at radius 1 is 1.38 bits per heavy atom. The lowest BCUT2D eigenvalue weighted by molar-refractivity contribution is -0.122. The number of hydrogen-bond acceptors (Lipinski definition) is 3. The largest absolute Gasteiger partial charge is 0.352 e. The maximum Gasteiger partial charge on any atom is 0.220 e. The first kappa shape index (κ1) is 11.6. The second-order valence-electron chi connectivity index (χ2n) is 4.64. The van der Waals surface area contributed by atoms with Crippen molar-refractivity contribution in [2.24, 2.45) is 5.92 Å². The molecular weight excluding hydrogens is 226 g/mol. The highest BCUT2D eigenvalue weighted by Crippen LogP contribution is 2.20. The number of allylic oxidation sites excluding steroid dienone is 2. The Bertz CT molecular complexity index is 399. The summed E-state index contributed by atoms with van der Waals surface area (Å²) in [5.74, 6) is 0.650. The van der Waals surface area contributed by atoms with E-state index in [9.17, 15) is 13.2 Å². The van der Waals surface area contributed by atoms with Gasteiger partial charge >= 0.3 is 0 Å². The summed E-state index contributed by atoms with van der Waals surface area (Å²) in [5.41, 5.74) is 0. The number of nitrogens with one attached hydrogen (secondary N) is 1. The maximum atomic E-state index is 11.6. The van der Waals surface area contributed by atoms with Crippen LogP contribution in [0.15, 0.2) is 12.2 Å². The van der Waals surface area contributed by atoms with Gasteiger partial charge in [0.1, 0.15) is 0 Å². The van der Waals surface area contributed by atoms with Gasteiger partial charge in [0, 0.05) is 12.5 Å². The first-order chi connectivity index (χ1) is 7.55. The zero-order valence-electron chi connectivity index (χ0n) is 9.19. The predicted molar refractivity (Wildman–Crippen MR) is 61.7 cm³/mol. The normalized spacial score (nSPS) is 31.8. The van der Waals surface area contributed by atoms with E-state index in [1.165, 1.54) is 0 Å². The van der Waals surface area contributed by atoms with Crippen molar-refractivity contribution in [2.45, 2.75) is 31.7 Å². The number of hydrogen-bond donors (Lipinski definition) is 1. The van der Waals surface area contributed by atoms with Gasteiger partial charge in [0.05, 0.1) is 11.5 Å². The van der Waals surface area contributed by atoms with Gasteiger partial charge in [-0.25, -0.2) is 8.42 Å². The van der Waals surface area contributed by atoms with Gasteiger partial charge in [0.15, 0.2) is 9.84 Å². The second kappa shape index (κ2) is 4.57. The minimum atomic E-state index is -2.90. The molecule has 0 radical (unpaired) electrons. The minimum Gasteiger partial charge on any atom is -0.352 e. The van der Waals surface area contributed by atoms with Crippen LogP contribution in [0.5, 0.6) is 0 Å². The Labute approximate surface area is 96.0 Å². The van der Waals surface area contributed by atoms with Crippen LogP contribution in [-0.4, -0.2) is 31.9 Å². The molecule has 0 aromatic rings. The topological polar surface area (TPSA) is 63.2 Å². The van der Waals surface area contributed by atoms with Crippen molar-refractivity contribution in [2.75, 3.05) is 11.5 Å². The van der Waals surface area contributed by atoms with Crippen LogP contribution in [0, 0.1) is 5.92 Å². The fraction of sp³-hybridized carbons (Fsp3) is 0.727. The SMILES string of the molecule is O=C(C[C@@H]1C=CCC1)N[C@H]1CCS(=O)(=O)C1. The van der Waals surface area contributed by atoms with Crippen molar-refractivity contribution in [3.8, 4) is 0 Å². The van der Waals surface area contributed by atoms with E-state index >= 15 is 0 Å². The number of sulfone groups is 1. The fourth-order valence-corrected chi connectivity index (χ4v) is 3.97. The van der Waals surface area contributed by atoms with Crippen LogP contribution in [-0.2, 0) is 14.6 Å². The van der Waals surface area contributed by atoms with Crippen molar-refractivity contribution in [1.82, 2.24) is 5.32 Å². The molecule has 0 aromatic carbocycles. The van der Waals surface area contributed by atoms with Crippen LogP contribution in [0.2, 0.25) is 0 Å². The standard InChI is InChI=1S/C11H17NO3S/c13-11(7-9-3-1-2-4-9)12-10-5-6-16(14,15)8-10/h1,3,9-10H,2,4-8H2,(H,12,13)/t9-,10+/m1/s1. The van der Waals surface area contributed by atoms with E-state index in [1.54, 1.807) is 0 Å². The van der Waals surface area contributed by atoms with Gasteiger partial charge in [-0.1, -0.05) is 12.2 Å². The molecule has 1 heterocycles. The molecule has 0 saturated carbocycles. The number of carbonyl (C=O) groups excluding carboxylic acids is 1. The van der Waals surface area contributed by atoms with E-state index in [-0.39, 0.29) is 23.5 Å².